The second-order valence-corrected chi connectivity index (χ2v) is 5.28. The minimum atomic E-state index is 0.0994. The molecule has 5 nitrogen and oxygen atoms in total. The maximum atomic E-state index is 11.6. The van der Waals surface area contributed by atoms with Crippen molar-refractivity contribution in [3.63, 3.8) is 0 Å². The van der Waals surface area contributed by atoms with Crippen molar-refractivity contribution >= 4 is 5.91 Å². The fourth-order valence-corrected chi connectivity index (χ4v) is 1.87. The Labute approximate surface area is 120 Å². The van der Waals surface area contributed by atoms with E-state index in [1.807, 2.05) is 36.2 Å². The van der Waals surface area contributed by atoms with Crippen LogP contribution in [0.2, 0.25) is 0 Å². The van der Waals surface area contributed by atoms with Crippen LogP contribution in [0.1, 0.15) is 18.4 Å². The standard InChI is InChI=1S/C15H23N3O2/c1-18(11-15(19)17-13-4-5-13)8-9-20-14-6-2-12(10-16)3-7-14/h2-3,6-7,13H,4-5,8-11,16H2,1H3,(H,17,19). The molecule has 0 radical (unpaired) electrons. The Kier molecular flexibility index (Phi) is 5.38. The predicted molar refractivity (Wildman–Crippen MR) is 78.5 cm³/mol. The lowest BCUT2D eigenvalue weighted by molar-refractivity contribution is -0.122. The second kappa shape index (κ2) is 7.26. The van der Waals surface area contributed by atoms with Crippen LogP contribution < -0.4 is 15.8 Å². The second-order valence-electron chi connectivity index (χ2n) is 5.28. The van der Waals surface area contributed by atoms with Crippen LogP contribution >= 0.6 is 0 Å². The molecule has 0 heterocycles. The summed E-state index contributed by atoms with van der Waals surface area (Å²) < 4.78 is 5.64. The summed E-state index contributed by atoms with van der Waals surface area (Å²) in [6, 6.07) is 8.18. The molecule has 1 aliphatic carbocycles. The molecule has 0 saturated heterocycles. The zero-order chi connectivity index (χ0) is 14.4. The first-order valence-corrected chi connectivity index (χ1v) is 7.07. The van der Waals surface area contributed by atoms with Crippen molar-refractivity contribution in [3.8, 4) is 5.75 Å². The van der Waals surface area contributed by atoms with Gasteiger partial charge >= 0.3 is 0 Å². The zero-order valence-corrected chi connectivity index (χ0v) is 12.0. The molecular weight excluding hydrogens is 254 g/mol. The maximum absolute atomic E-state index is 11.6. The van der Waals surface area contributed by atoms with Gasteiger partial charge < -0.3 is 15.8 Å². The molecular formula is C15H23N3O2. The van der Waals surface area contributed by atoms with Gasteiger partial charge in [0.1, 0.15) is 12.4 Å². The fraction of sp³-hybridized carbons (Fsp3) is 0.533. The Bertz CT molecular complexity index is 429. The van der Waals surface area contributed by atoms with Gasteiger partial charge in [-0.2, -0.15) is 0 Å². The molecule has 20 heavy (non-hydrogen) atoms. The van der Waals surface area contributed by atoms with Gasteiger partial charge in [-0.25, -0.2) is 0 Å². The highest BCUT2D eigenvalue weighted by Crippen LogP contribution is 2.18. The molecule has 0 unspecified atom stereocenters. The van der Waals surface area contributed by atoms with E-state index in [9.17, 15) is 4.79 Å². The Hall–Kier alpha value is -1.59. The molecule has 1 fully saturated rings. The summed E-state index contributed by atoms with van der Waals surface area (Å²) >= 11 is 0. The molecule has 3 N–H and O–H groups in total. The third-order valence-electron chi connectivity index (χ3n) is 3.26. The van der Waals surface area contributed by atoms with Gasteiger partial charge in [-0.05, 0) is 37.6 Å². The summed E-state index contributed by atoms with van der Waals surface area (Å²) in [5.74, 6) is 0.931. The van der Waals surface area contributed by atoms with Crippen molar-refractivity contribution in [1.29, 1.82) is 0 Å². The van der Waals surface area contributed by atoms with E-state index in [4.69, 9.17) is 10.5 Å². The highest BCUT2D eigenvalue weighted by Gasteiger charge is 2.23. The SMILES string of the molecule is CN(CCOc1ccc(CN)cc1)CC(=O)NC1CC1. The average molecular weight is 277 g/mol. The number of hydrogen-bond donors (Lipinski definition) is 2. The van der Waals surface area contributed by atoms with Crippen LogP contribution in [-0.4, -0.2) is 43.6 Å². The van der Waals surface area contributed by atoms with Crippen LogP contribution in [0.5, 0.6) is 5.75 Å². The fourth-order valence-electron chi connectivity index (χ4n) is 1.87. The molecule has 0 aromatic heterocycles. The van der Waals surface area contributed by atoms with Crippen LogP contribution in [0.4, 0.5) is 0 Å². The van der Waals surface area contributed by atoms with Crippen LogP contribution in [0.3, 0.4) is 0 Å². The van der Waals surface area contributed by atoms with Crippen LogP contribution in [-0.2, 0) is 11.3 Å². The lowest BCUT2D eigenvalue weighted by atomic mass is 10.2. The normalized spacial score (nSPS) is 14.3. The molecule has 0 bridgehead atoms. The molecule has 0 spiro atoms. The maximum Gasteiger partial charge on any atom is 0.234 e. The molecule has 0 atom stereocenters. The van der Waals surface area contributed by atoms with Gasteiger partial charge in [0.2, 0.25) is 5.91 Å². The molecule has 1 saturated carbocycles. The van der Waals surface area contributed by atoms with Crippen molar-refractivity contribution in [1.82, 2.24) is 10.2 Å². The summed E-state index contributed by atoms with van der Waals surface area (Å²) in [5, 5.41) is 2.97. The van der Waals surface area contributed by atoms with Gasteiger partial charge in [-0.1, -0.05) is 12.1 Å². The Morgan fingerprint density at radius 2 is 2.10 bits per heavy atom. The number of likely N-dealkylation sites (N-methyl/N-ethyl adjacent to an activating group) is 1. The van der Waals surface area contributed by atoms with Crippen molar-refractivity contribution in [2.75, 3.05) is 26.7 Å². The van der Waals surface area contributed by atoms with Crippen LogP contribution in [0.25, 0.3) is 0 Å². The average Bonchev–Trinajstić information content (AvgIpc) is 3.23. The smallest absolute Gasteiger partial charge is 0.234 e. The largest absolute Gasteiger partial charge is 0.492 e. The van der Waals surface area contributed by atoms with Gasteiger partial charge in [0.05, 0.1) is 6.54 Å². The highest BCUT2D eigenvalue weighted by atomic mass is 16.5. The number of carbonyl (C=O) groups is 1. The molecule has 5 heteroatoms. The number of carbonyl (C=O) groups excluding carboxylic acids is 1. The summed E-state index contributed by atoms with van der Waals surface area (Å²) in [4.78, 5) is 13.6. The number of nitrogens with one attached hydrogen (secondary N) is 1. The van der Waals surface area contributed by atoms with Crippen molar-refractivity contribution in [3.05, 3.63) is 29.8 Å². The van der Waals surface area contributed by atoms with E-state index in [1.54, 1.807) is 0 Å². The Morgan fingerprint density at radius 1 is 1.40 bits per heavy atom. The molecule has 2 rings (SSSR count). The van der Waals surface area contributed by atoms with Gasteiger partial charge in [-0.15, -0.1) is 0 Å². The van der Waals surface area contributed by atoms with E-state index in [0.717, 1.165) is 30.7 Å². The minimum Gasteiger partial charge on any atom is -0.492 e. The first-order chi connectivity index (χ1) is 9.67. The molecule has 1 aliphatic rings. The van der Waals surface area contributed by atoms with Crippen LogP contribution in [0, 0.1) is 0 Å². The Balaban J connectivity index is 1.62. The van der Waals surface area contributed by atoms with E-state index < -0.39 is 0 Å². The van der Waals surface area contributed by atoms with E-state index >= 15 is 0 Å². The molecule has 1 aromatic rings. The van der Waals surface area contributed by atoms with Gasteiger partial charge in [0.25, 0.3) is 0 Å². The number of nitrogens with zero attached hydrogens (tertiary/aromatic N) is 1. The summed E-state index contributed by atoms with van der Waals surface area (Å²) in [7, 11) is 1.92. The van der Waals surface area contributed by atoms with E-state index in [-0.39, 0.29) is 5.91 Å². The van der Waals surface area contributed by atoms with Crippen molar-refractivity contribution in [2.45, 2.75) is 25.4 Å². The highest BCUT2D eigenvalue weighted by molar-refractivity contribution is 5.78. The number of nitrogens with two attached hydrogens (primary N) is 1. The monoisotopic (exact) mass is 277 g/mol. The van der Waals surface area contributed by atoms with E-state index in [2.05, 4.69) is 5.32 Å². The lowest BCUT2D eigenvalue weighted by Gasteiger charge is -2.16. The number of ether oxygens (including phenoxy) is 1. The van der Waals surface area contributed by atoms with Crippen molar-refractivity contribution in [2.24, 2.45) is 5.73 Å². The third-order valence-corrected chi connectivity index (χ3v) is 3.26. The molecule has 0 aliphatic heterocycles. The molecule has 1 aromatic carbocycles. The topological polar surface area (TPSA) is 67.6 Å². The first-order valence-electron chi connectivity index (χ1n) is 7.07. The van der Waals surface area contributed by atoms with Crippen LogP contribution in [0.15, 0.2) is 24.3 Å². The lowest BCUT2D eigenvalue weighted by Crippen LogP contribution is -2.37. The summed E-state index contributed by atoms with van der Waals surface area (Å²) in [5.41, 5.74) is 6.63. The predicted octanol–water partition coefficient (Wildman–Crippen LogP) is 0.735. The number of hydrogen-bond acceptors (Lipinski definition) is 4. The van der Waals surface area contributed by atoms with Gasteiger partial charge in [0.15, 0.2) is 0 Å². The van der Waals surface area contributed by atoms with E-state index in [1.165, 1.54) is 0 Å². The van der Waals surface area contributed by atoms with E-state index in [0.29, 0.717) is 25.7 Å². The summed E-state index contributed by atoms with van der Waals surface area (Å²) in [6.07, 6.45) is 2.24. The van der Waals surface area contributed by atoms with Gasteiger partial charge in [-0.3, -0.25) is 9.69 Å². The first kappa shape index (κ1) is 14.8. The quantitative estimate of drug-likeness (QED) is 0.735. The number of benzene rings is 1. The molecule has 1 amide bonds. The number of amides is 1. The molecule has 110 valence electrons. The minimum absolute atomic E-state index is 0.0994. The number of rotatable bonds is 8. The van der Waals surface area contributed by atoms with Gasteiger partial charge in [0, 0.05) is 19.1 Å². The zero-order valence-electron chi connectivity index (χ0n) is 12.0. The summed E-state index contributed by atoms with van der Waals surface area (Å²) in [6.45, 7) is 2.25. The Morgan fingerprint density at radius 3 is 2.70 bits per heavy atom. The third kappa shape index (κ3) is 5.19. The van der Waals surface area contributed by atoms with Crippen molar-refractivity contribution < 1.29 is 9.53 Å².